The molecule has 3 rings (SSSR count). The molecule has 0 bridgehead atoms. The predicted molar refractivity (Wildman–Crippen MR) is 98.7 cm³/mol. The van der Waals surface area contributed by atoms with E-state index in [0.29, 0.717) is 10.7 Å². The lowest BCUT2D eigenvalue weighted by Crippen LogP contribution is -2.07. The first-order chi connectivity index (χ1) is 13.0. The number of aryl methyl sites for hydroxylation is 1. The molecule has 0 aliphatic carbocycles. The van der Waals surface area contributed by atoms with Gasteiger partial charge in [0.05, 0.1) is 18.4 Å². The van der Waals surface area contributed by atoms with E-state index in [-0.39, 0.29) is 31.1 Å². The number of rotatable bonds is 8. The first-order valence-electron chi connectivity index (χ1n) is 8.27. The molecule has 0 amide bonds. The molecule has 0 N–H and O–H groups in total. The van der Waals surface area contributed by atoms with Crippen LogP contribution in [0.5, 0.6) is 5.75 Å². The Kier molecular flexibility index (Phi) is 5.97. The van der Waals surface area contributed by atoms with Crippen molar-refractivity contribution < 1.29 is 23.6 Å². The second-order valence-electron chi connectivity index (χ2n) is 5.73. The normalized spacial score (nSPS) is 10.6. The SMILES string of the molecule is COc1ccc(-c2noc(COC(=O)CCC(=O)c3ccc(C)s3)n2)cc1. The molecule has 0 fully saturated rings. The zero-order chi connectivity index (χ0) is 19.2. The van der Waals surface area contributed by atoms with E-state index in [1.807, 2.05) is 13.0 Å². The number of esters is 1. The molecule has 140 valence electrons. The summed E-state index contributed by atoms with van der Waals surface area (Å²) in [4.78, 5) is 29.7. The summed E-state index contributed by atoms with van der Waals surface area (Å²) in [5.74, 6) is 0.760. The van der Waals surface area contributed by atoms with E-state index in [1.54, 1.807) is 37.4 Å². The molecule has 0 aliphatic rings. The summed E-state index contributed by atoms with van der Waals surface area (Å²) in [5, 5.41) is 3.87. The van der Waals surface area contributed by atoms with Crippen LogP contribution in [0.1, 0.15) is 33.3 Å². The van der Waals surface area contributed by atoms with Gasteiger partial charge in [-0.2, -0.15) is 4.98 Å². The van der Waals surface area contributed by atoms with Gasteiger partial charge in [0.2, 0.25) is 5.82 Å². The van der Waals surface area contributed by atoms with Crippen LogP contribution in [0, 0.1) is 6.92 Å². The van der Waals surface area contributed by atoms with Crippen molar-refractivity contribution in [3.8, 4) is 17.1 Å². The van der Waals surface area contributed by atoms with Crippen molar-refractivity contribution in [1.82, 2.24) is 10.1 Å². The Morgan fingerprint density at radius 1 is 1.11 bits per heavy atom. The van der Waals surface area contributed by atoms with Crippen LogP contribution in [0.2, 0.25) is 0 Å². The summed E-state index contributed by atoms with van der Waals surface area (Å²) in [7, 11) is 1.59. The van der Waals surface area contributed by atoms with Crippen molar-refractivity contribution in [2.45, 2.75) is 26.4 Å². The fraction of sp³-hybridized carbons (Fsp3) is 0.263. The first-order valence-corrected chi connectivity index (χ1v) is 9.09. The summed E-state index contributed by atoms with van der Waals surface area (Å²) < 4.78 is 15.3. The summed E-state index contributed by atoms with van der Waals surface area (Å²) in [6.45, 7) is 1.80. The third-order valence-electron chi connectivity index (χ3n) is 3.74. The topological polar surface area (TPSA) is 91.5 Å². The molecule has 0 atom stereocenters. The Balaban J connectivity index is 1.47. The zero-order valence-electron chi connectivity index (χ0n) is 14.9. The molecular weight excluding hydrogens is 368 g/mol. The standard InChI is InChI=1S/C19H18N2O5S/c1-12-3-9-16(27-12)15(22)8-10-18(23)25-11-17-20-19(21-26-17)13-4-6-14(24-2)7-5-13/h3-7,9H,8,10-11H2,1-2H3. The van der Waals surface area contributed by atoms with Gasteiger partial charge in [-0.3, -0.25) is 9.59 Å². The Bertz CT molecular complexity index is 930. The molecule has 8 heteroatoms. The highest BCUT2D eigenvalue weighted by Crippen LogP contribution is 2.20. The highest BCUT2D eigenvalue weighted by molar-refractivity contribution is 7.14. The molecular formula is C19H18N2O5S. The maximum Gasteiger partial charge on any atom is 0.306 e. The number of nitrogens with zero attached hydrogens (tertiary/aromatic N) is 2. The highest BCUT2D eigenvalue weighted by atomic mass is 32.1. The second kappa shape index (κ2) is 8.59. The number of hydrogen-bond donors (Lipinski definition) is 0. The molecule has 0 radical (unpaired) electrons. The number of thiophene rings is 1. The third-order valence-corrected chi connectivity index (χ3v) is 4.79. The summed E-state index contributed by atoms with van der Waals surface area (Å²) >= 11 is 1.42. The molecule has 2 heterocycles. The minimum atomic E-state index is -0.485. The van der Waals surface area contributed by atoms with Crippen LogP contribution in [-0.4, -0.2) is 29.0 Å². The molecule has 0 aliphatic heterocycles. The van der Waals surface area contributed by atoms with Crippen LogP contribution in [0.25, 0.3) is 11.4 Å². The molecule has 0 spiro atoms. The van der Waals surface area contributed by atoms with Crippen molar-refractivity contribution in [1.29, 1.82) is 0 Å². The van der Waals surface area contributed by atoms with Crippen LogP contribution >= 0.6 is 11.3 Å². The lowest BCUT2D eigenvalue weighted by Gasteiger charge is -2.01. The zero-order valence-corrected chi connectivity index (χ0v) is 15.7. The Morgan fingerprint density at radius 2 is 1.89 bits per heavy atom. The fourth-order valence-corrected chi connectivity index (χ4v) is 3.14. The van der Waals surface area contributed by atoms with Crippen molar-refractivity contribution in [3.63, 3.8) is 0 Å². The maximum absolute atomic E-state index is 12.0. The van der Waals surface area contributed by atoms with Gasteiger partial charge >= 0.3 is 5.97 Å². The molecule has 27 heavy (non-hydrogen) atoms. The largest absolute Gasteiger partial charge is 0.497 e. The van der Waals surface area contributed by atoms with Gasteiger partial charge in [0.25, 0.3) is 5.89 Å². The van der Waals surface area contributed by atoms with Crippen molar-refractivity contribution in [3.05, 3.63) is 52.0 Å². The van der Waals surface area contributed by atoms with Crippen LogP contribution in [0.15, 0.2) is 40.9 Å². The van der Waals surface area contributed by atoms with Gasteiger partial charge < -0.3 is 14.0 Å². The van der Waals surface area contributed by atoms with Gasteiger partial charge in [0.15, 0.2) is 12.4 Å². The van der Waals surface area contributed by atoms with Gasteiger partial charge in [0.1, 0.15) is 5.75 Å². The van der Waals surface area contributed by atoms with E-state index in [0.717, 1.165) is 16.2 Å². The van der Waals surface area contributed by atoms with Crippen LogP contribution in [0.3, 0.4) is 0 Å². The number of ketones is 1. The van der Waals surface area contributed by atoms with E-state index in [1.165, 1.54) is 11.3 Å². The third kappa shape index (κ3) is 5.01. The number of ether oxygens (including phenoxy) is 2. The summed E-state index contributed by atoms with van der Waals surface area (Å²) in [6.07, 6.45) is 0.120. The van der Waals surface area contributed by atoms with Crippen molar-refractivity contribution in [2.75, 3.05) is 7.11 Å². The predicted octanol–water partition coefficient (Wildman–Crippen LogP) is 3.82. The minimum Gasteiger partial charge on any atom is -0.497 e. The number of carbonyl (C=O) groups is 2. The van der Waals surface area contributed by atoms with Gasteiger partial charge in [-0.25, -0.2) is 0 Å². The minimum absolute atomic E-state index is 0.00918. The molecule has 0 saturated heterocycles. The van der Waals surface area contributed by atoms with Crippen LogP contribution < -0.4 is 4.74 Å². The lowest BCUT2D eigenvalue weighted by molar-refractivity contribution is -0.145. The number of benzene rings is 1. The maximum atomic E-state index is 12.0. The number of methoxy groups -OCH3 is 1. The molecule has 0 unspecified atom stereocenters. The van der Waals surface area contributed by atoms with E-state index >= 15 is 0 Å². The molecule has 7 nitrogen and oxygen atoms in total. The molecule has 0 saturated carbocycles. The summed E-state index contributed by atoms with van der Waals surface area (Å²) in [5.41, 5.74) is 0.758. The molecule has 3 aromatic rings. The van der Waals surface area contributed by atoms with Gasteiger partial charge in [0, 0.05) is 16.9 Å². The van der Waals surface area contributed by atoms with Crippen LogP contribution in [0.4, 0.5) is 0 Å². The summed E-state index contributed by atoms with van der Waals surface area (Å²) in [6, 6.07) is 10.8. The Morgan fingerprint density at radius 3 is 2.56 bits per heavy atom. The average Bonchev–Trinajstić information content (AvgIpc) is 3.33. The monoisotopic (exact) mass is 386 g/mol. The fourth-order valence-electron chi connectivity index (χ4n) is 2.31. The van der Waals surface area contributed by atoms with Crippen LogP contribution in [-0.2, 0) is 16.1 Å². The Labute approximate surface area is 159 Å². The lowest BCUT2D eigenvalue weighted by atomic mass is 10.2. The smallest absolute Gasteiger partial charge is 0.306 e. The highest BCUT2D eigenvalue weighted by Gasteiger charge is 2.14. The first kappa shape index (κ1) is 18.8. The van der Waals surface area contributed by atoms with E-state index in [2.05, 4.69) is 10.1 Å². The Hall–Kier alpha value is -3.00. The van der Waals surface area contributed by atoms with Gasteiger partial charge in [-0.1, -0.05) is 5.16 Å². The van der Waals surface area contributed by atoms with Crippen molar-refractivity contribution >= 4 is 23.1 Å². The van der Waals surface area contributed by atoms with E-state index < -0.39 is 5.97 Å². The second-order valence-corrected chi connectivity index (χ2v) is 7.02. The number of carbonyl (C=O) groups excluding carboxylic acids is 2. The quantitative estimate of drug-likeness (QED) is 0.429. The van der Waals surface area contributed by atoms with Gasteiger partial charge in [-0.05, 0) is 43.3 Å². The van der Waals surface area contributed by atoms with Crippen molar-refractivity contribution in [2.24, 2.45) is 0 Å². The van der Waals surface area contributed by atoms with E-state index in [9.17, 15) is 9.59 Å². The number of aromatic nitrogens is 2. The number of Topliss-reactive ketones (excluding diaryl/α,β-unsaturated/α-hetero) is 1. The number of hydrogen-bond acceptors (Lipinski definition) is 8. The molecule has 2 aromatic heterocycles. The van der Waals surface area contributed by atoms with Gasteiger partial charge in [-0.15, -0.1) is 11.3 Å². The molecule has 1 aromatic carbocycles. The van der Waals surface area contributed by atoms with E-state index in [4.69, 9.17) is 14.0 Å². The average molecular weight is 386 g/mol.